The fourth-order valence-corrected chi connectivity index (χ4v) is 5.28. The summed E-state index contributed by atoms with van der Waals surface area (Å²) < 4.78 is 5.86. The van der Waals surface area contributed by atoms with Crippen molar-refractivity contribution in [2.75, 3.05) is 13.2 Å². The van der Waals surface area contributed by atoms with Crippen LogP contribution in [0.25, 0.3) is 0 Å². The monoisotopic (exact) mass is 383 g/mol. The highest BCUT2D eigenvalue weighted by Gasteiger charge is 2.33. The Labute approximate surface area is 161 Å². The third-order valence-corrected chi connectivity index (χ3v) is 6.70. The fourth-order valence-electron chi connectivity index (χ4n) is 3.52. The van der Waals surface area contributed by atoms with E-state index in [4.69, 9.17) is 4.74 Å². The van der Waals surface area contributed by atoms with Crippen molar-refractivity contribution >= 4 is 28.6 Å². The highest BCUT2D eigenvalue weighted by Crippen LogP contribution is 2.39. The predicted molar refractivity (Wildman–Crippen MR) is 107 cm³/mol. The van der Waals surface area contributed by atoms with Gasteiger partial charge in [0.1, 0.15) is 5.75 Å². The lowest BCUT2D eigenvalue weighted by Crippen LogP contribution is -2.42. The molecular weight excluding hydrogens is 362 g/mol. The maximum Gasteiger partial charge on any atom is 0.261 e. The summed E-state index contributed by atoms with van der Waals surface area (Å²) in [7, 11) is 0. The van der Waals surface area contributed by atoms with Gasteiger partial charge >= 0.3 is 0 Å². The minimum Gasteiger partial charge on any atom is -0.483 e. The maximum atomic E-state index is 13.0. The van der Waals surface area contributed by atoms with Gasteiger partial charge < -0.3 is 9.64 Å². The SMILES string of the molecule is Cc1ccc(OCC(=O)N2CCc3sccc3C2c2cccs2)c(C)c1. The Hall–Kier alpha value is -2.11. The van der Waals surface area contributed by atoms with Crippen LogP contribution in [0.1, 0.15) is 32.5 Å². The number of carbonyl (C=O) groups excluding carboxylic acids is 1. The molecule has 26 heavy (non-hydrogen) atoms. The maximum absolute atomic E-state index is 13.0. The van der Waals surface area contributed by atoms with Crippen LogP contribution in [0.5, 0.6) is 5.75 Å². The van der Waals surface area contributed by atoms with Crippen LogP contribution >= 0.6 is 22.7 Å². The van der Waals surface area contributed by atoms with E-state index in [1.165, 1.54) is 20.9 Å². The number of rotatable bonds is 4. The van der Waals surface area contributed by atoms with Gasteiger partial charge in [-0.15, -0.1) is 22.7 Å². The summed E-state index contributed by atoms with van der Waals surface area (Å²) >= 11 is 3.50. The summed E-state index contributed by atoms with van der Waals surface area (Å²) in [5.74, 6) is 0.824. The molecule has 0 radical (unpaired) electrons. The van der Waals surface area contributed by atoms with Gasteiger partial charge in [0.2, 0.25) is 0 Å². The van der Waals surface area contributed by atoms with Crippen LogP contribution in [0.3, 0.4) is 0 Å². The van der Waals surface area contributed by atoms with Gasteiger partial charge in [-0.25, -0.2) is 0 Å². The zero-order chi connectivity index (χ0) is 18.1. The number of nitrogens with zero attached hydrogens (tertiary/aromatic N) is 1. The van der Waals surface area contributed by atoms with Crippen molar-refractivity contribution in [3.63, 3.8) is 0 Å². The van der Waals surface area contributed by atoms with Gasteiger partial charge in [0.15, 0.2) is 6.61 Å². The number of aryl methyl sites for hydroxylation is 2. The first-order chi connectivity index (χ1) is 12.6. The van der Waals surface area contributed by atoms with Crippen LogP contribution in [-0.4, -0.2) is 24.0 Å². The zero-order valence-corrected chi connectivity index (χ0v) is 16.5. The highest BCUT2D eigenvalue weighted by molar-refractivity contribution is 7.10. The summed E-state index contributed by atoms with van der Waals surface area (Å²) in [6.07, 6.45) is 0.921. The van der Waals surface area contributed by atoms with Crippen molar-refractivity contribution in [2.45, 2.75) is 26.3 Å². The van der Waals surface area contributed by atoms with E-state index >= 15 is 0 Å². The third-order valence-electron chi connectivity index (χ3n) is 4.78. The Balaban J connectivity index is 1.55. The standard InChI is InChI=1S/C21H21NO2S2/c1-14-5-6-17(15(2)12-14)24-13-20(23)22-9-7-18-16(8-11-26-18)21(22)19-4-3-10-25-19/h3-6,8,10-12,21H,7,9,13H2,1-2H3. The van der Waals surface area contributed by atoms with Crippen LogP contribution in [0, 0.1) is 13.8 Å². The minimum atomic E-state index is 0.0141. The van der Waals surface area contributed by atoms with Crippen molar-refractivity contribution in [2.24, 2.45) is 0 Å². The van der Waals surface area contributed by atoms with Crippen LogP contribution in [0.4, 0.5) is 0 Å². The number of ether oxygens (including phenoxy) is 1. The fraction of sp³-hybridized carbons (Fsp3) is 0.286. The number of benzene rings is 1. The molecule has 1 atom stereocenters. The Kier molecular flexibility index (Phi) is 4.83. The highest BCUT2D eigenvalue weighted by atomic mass is 32.1. The zero-order valence-electron chi connectivity index (χ0n) is 14.9. The molecule has 1 aromatic carbocycles. The summed E-state index contributed by atoms with van der Waals surface area (Å²) in [5, 5.41) is 4.20. The molecule has 1 aliphatic heterocycles. The molecule has 0 N–H and O–H groups in total. The molecule has 0 bridgehead atoms. The average molecular weight is 384 g/mol. The van der Waals surface area contributed by atoms with E-state index in [0.717, 1.165) is 24.3 Å². The lowest BCUT2D eigenvalue weighted by Gasteiger charge is -2.35. The van der Waals surface area contributed by atoms with Gasteiger partial charge in [0, 0.05) is 16.3 Å². The van der Waals surface area contributed by atoms with Gasteiger partial charge in [0.25, 0.3) is 5.91 Å². The smallest absolute Gasteiger partial charge is 0.261 e. The number of hydrogen-bond acceptors (Lipinski definition) is 4. The van der Waals surface area contributed by atoms with Gasteiger partial charge in [-0.2, -0.15) is 0 Å². The van der Waals surface area contributed by atoms with Crippen LogP contribution in [-0.2, 0) is 11.2 Å². The second-order valence-electron chi connectivity index (χ2n) is 6.61. The van der Waals surface area contributed by atoms with Crippen molar-refractivity contribution in [3.8, 4) is 5.75 Å². The second-order valence-corrected chi connectivity index (χ2v) is 8.59. The lowest BCUT2D eigenvalue weighted by atomic mass is 9.98. The molecule has 3 heterocycles. The molecule has 134 valence electrons. The van der Waals surface area contributed by atoms with Crippen LogP contribution in [0.15, 0.2) is 47.2 Å². The largest absolute Gasteiger partial charge is 0.483 e. The Bertz CT molecular complexity index is 914. The molecule has 1 aliphatic rings. The Morgan fingerprint density at radius 3 is 2.85 bits per heavy atom. The summed E-state index contributed by atoms with van der Waals surface area (Å²) in [6, 6.07) is 12.4. The second kappa shape index (κ2) is 7.25. The van der Waals surface area contributed by atoms with Gasteiger partial charge in [-0.05, 0) is 60.4 Å². The van der Waals surface area contributed by atoms with E-state index < -0.39 is 0 Å². The molecule has 3 nitrogen and oxygen atoms in total. The van der Waals surface area contributed by atoms with Crippen molar-refractivity contribution in [1.29, 1.82) is 0 Å². The van der Waals surface area contributed by atoms with E-state index in [2.05, 4.69) is 41.9 Å². The summed E-state index contributed by atoms with van der Waals surface area (Å²) in [6.45, 7) is 4.88. The normalized spacial score (nSPS) is 16.4. The first kappa shape index (κ1) is 17.3. The van der Waals surface area contributed by atoms with Gasteiger partial charge in [-0.1, -0.05) is 23.8 Å². The molecule has 0 saturated heterocycles. The van der Waals surface area contributed by atoms with E-state index in [9.17, 15) is 4.79 Å². The van der Waals surface area contributed by atoms with E-state index in [0.29, 0.717) is 0 Å². The summed E-state index contributed by atoms with van der Waals surface area (Å²) in [5.41, 5.74) is 3.52. The first-order valence-electron chi connectivity index (χ1n) is 8.72. The predicted octanol–water partition coefficient (Wildman–Crippen LogP) is 4.98. The molecule has 1 amide bonds. The minimum absolute atomic E-state index is 0.0141. The molecule has 3 aromatic rings. The Morgan fingerprint density at radius 1 is 1.19 bits per heavy atom. The van der Waals surface area contributed by atoms with Crippen LogP contribution < -0.4 is 4.74 Å². The number of hydrogen-bond donors (Lipinski definition) is 0. The average Bonchev–Trinajstić information content (AvgIpc) is 3.31. The quantitative estimate of drug-likeness (QED) is 0.636. The molecule has 2 aromatic heterocycles. The molecular formula is C21H21NO2S2. The molecule has 4 rings (SSSR count). The third kappa shape index (κ3) is 3.29. The Morgan fingerprint density at radius 2 is 2.08 bits per heavy atom. The molecule has 0 spiro atoms. The lowest BCUT2D eigenvalue weighted by molar-refractivity contribution is -0.135. The first-order valence-corrected chi connectivity index (χ1v) is 10.5. The van der Waals surface area contributed by atoms with Gasteiger partial charge in [-0.3, -0.25) is 4.79 Å². The molecule has 0 saturated carbocycles. The number of carbonyl (C=O) groups is 1. The van der Waals surface area contributed by atoms with Crippen LogP contribution in [0.2, 0.25) is 0 Å². The van der Waals surface area contributed by atoms with E-state index in [-0.39, 0.29) is 18.6 Å². The van der Waals surface area contributed by atoms with Crippen molar-refractivity contribution < 1.29 is 9.53 Å². The molecule has 1 unspecified atom stereocenters. The number of thiophene rings is 2. The van der Waals surface area contributed by atoms with Gasteiger partial charge in [0.05, 0.1) is 6.04 Å². The molecule has 5 heteroatoms. The summed E-state index contributed by atoms with van der Waals surface area (Å²) in [4.78, 5) is 17.6. The molecule has 0 aliphatic carbocycles. The number of fused-ring (bicyclic) bond motifs is 1. The topological polar surface area (TPSA) is 29.5 Å². The van der Waals surface area contributed by atoms with Crippen molar-refractivity contribution in [3.05, 3.63) is 73.6 Å². The molecule has 0 fully saturated rings. The van der Waals surface area contributed by atoms with E-state index in [1.54, 1.807) is 22.7 Å². The number of amides is 1. The van der Waals surface area contributed by atoms with Crippen molar-refractivity contribution in [1.82, 2.24) is 4.90 Å². The van der Waals surface area contributed by atoms with E-state index in [1.807, 2.05) is 24.0 Å².